The van der Waals surface area contributed by atoms with E-state index in [4.69, 9.17) is 0 Å². The molecule has 2 aliphatic rings. The maximum atomic E-state index is 4.31. The summed E-state index contributed by atoms with van der Waals surface area (Å²) in [6.45, 7) is 3.15. The molecule has 4 heterocycles. The zero-order chi connectivity index (χ0) is 14.4. The number of pyridine rings is 1. The van der Waals surface area contributed by atoms with Gasteiger partial charge in [0.2, 0.25) is 0 Å². The van der Waals surface area contributed by atoms with Crippen LogP contribution in [0.2, 0.25) is 0 Å². The molecule has 2 aromatic heterocycles. The molecule has 5 heteroatoms. The predicted octanol–water partition coefficient (Wildman–Crippen LogP) is 2.32. The van der Waals surface area contributed by atoms with Crippen molar-refractivity contribution in [1.82, 2.24) is 19.5 Å². The van der Waals surface area contributed by atoms with Gasteiger partial charge in [-0.15, -0.1) is 0 Å². The van der Waals surface area contributed by atoms with Crippen LogP contribution in [-0.2, 0) is 0 Å². The highest BCUT2D eigenvalue weighted by Gasteiger charge is 2.38. The summed E-state index contributed by atoms with van der Waals surface area (Å²) < 4.78 is 1.90. The molecular formula is C16H23N5. The Labute approximate surface area is 125 Å². The van der Waals surface area contributed by atoms with Crippen LogP contribution in [0.5, 0.6) is 0 Å². The Morgan fingerprint density at radius 3 is 2.76 bits per heavy atom. The number of fused-ring (bicyclic) bond motifs is 3. The van der Waals surface area contributed by atoms with Crippen LogP contribution in [0.1, 0.15) is 31.2 Å². The van der Waals surface area contributed by atoms with Gasteiger partial charge in [-0.25, -0.2) is 4.98 Å². The molecular weight excluding hydrogens is 262 g/mol. The van der Waals surface area contributed by atoms with Crippen molar-refractivity contribution in [3.8, 4) is 0 Å². The Bertz CT molecular complexity index is 635. The molecule has 0 amide bonds. The van der Waals surface area contributed by atoms with E-state index in [9.17, 15) is 0 Å². The third-order valence-electron chi connectivity index (χ3n) is 5.29. The molecule has 112 valence electrons. The van der Waals surface area contributed by atoms with Gasteiger partial charge in [0.25, 0.3) is 0 Å². The van der Waals surface area contributed by atoms with Gasteiger partial charge >= 0.3 is 0 Å². The van der Waals surface area contributed by atoms with Crippen LogP contribution in [0.25, 0.3) is 5.65 Å². The second kappa shape index (κ2) is 4.98. The second-order valence-corrected chi connectivity index (χ2v) is 6.72. The highest BCUT2D eigenvalue weighted by molar-refractivity contribution is 5.51. The Morgan fingerprint density at radius 2 is 2.00 bits per heavy atom. The lowest BCUT2D eigenvalue weighted by molar-refractivity contribution is 0.139. The van der Waals surface area contributed by atoms with E-state index in [0.717, 1.165) is 36.0 Å². The highest BCUT2D eigenvalue weighted by atomic mass is 15.3. The Balaban J connectivity index is 1.48. The van der Waals surface area contributed by atoms with E-state index in [1.54, 1.807) is 6.33 Å². The van der Waals surface area contributed by atoms with Gasteiger partial charge in [-0.1, -0.05) is 0 Å². The molecule has 2 fully saturated rings. The minimum atomic E-state index is 0.776. The van der Waals surface area contributed by atoms with Gasteiger partial charge in [0, 0.05) is 18.6 Å². The van der Waals surface area contributed by atoms with E-state index in [1.165, 1.54) is 31.2 Å². The molecule has 2 atom stereocenters. The summed E-state index contributed by atoms with van der Waals surface area (Å²) in [6, 6.07) is 5.83. The van der Waals surface area contributed by atoms with Crippen LogP contribution in [0.3, 0.4) is 0 Å². The van der Waals surface area contributed by atoms with E-state index in [-0.39, 0.29) is 0 Å². The summed E-state index contributed by atoms with van der Waals surface area (Å²) in [6.07, 6.45) is 7.04. The lowest BCUT2D eigenvalue weighted by Crippen LogP contribution is -2.41. The first kappa shape index (κ1) is 13.1. The first-order valence-electron chi connectivity index (χ1n) is 7.97. The number of nitrogens with one attached hydrogen (secondary N) is 1. The van der Waals surface area contributed by atoms with Crippen molar-refractivity contribution < 1.29 is 0 Å². The lowest BCUT2D eigenvalue weighted by atomic mass is 9.91. The van der Waals surface area contributed by atoms with E-state index in [0.29, 0.717) is 0 Å². The Hall–Kier alpha value is -1.62. The number of piperidine rings is 1. The topological polar surface area (TPSA) is 45.5 Å². The molecule has 5 nitrogen and oxygen atoms in total. The van der Waals surface area contributed by atoms with Crippen LogP contribution < -0.4 is 5.32 Å². The molecule has 1 N–H and O–H groups in total. The van der Waals surface area contributed by atoms with Crippen LogP contribution in [0, 0.1) is 12.8 Å². The number of rotatable bonds is 3. The molecule has 2 aliphatic heterocycles. The minimum Gasteiger partial charge on any atom is -0.370 e. The molecule has 2 aromatic rings. The monoisotopic (exact) mass is 285 g/mol. The van der Waals surface area contributed by atoms with Crippen molar-refractivity contribution in [2.24, 2.45) is 5.92 Å². The van der Waals surface area contributed by atoms with Gasteiger partial charge in [-0.2, -0.15) is 9.61 Å². The summed E-state index contributed by atoms with van der Waals surface area (Å²) in [5.74, 6) is 1.84. The average molecular weight is 285 g/mol. The summed E-state index contributed by atoms with van der Waals surface area (Å²) in [4.78, 5) is 6.88. The number of anilines is 1. The van der Waals surface area contributed by atoms with Crippen molar-refractivity contribution in [1.29, 1.82) is 0 Å². The number of hydrogen-bond donors (Lipinski definition) is 1. The summed E-state index contributed by atoms with van der Waals surface area (Å²) in [5, 5.41) is 7.92. The van der Waals surface area contributed by atoms with E-state index < -0.39 is 0 Å². The molecule has 21 heavy (non-hydrogen) atoms. The van der Waals surface area contributed by atoms with Crippen LogP contribution >= 0.6 is 0 Å². The first-order valence-corrected chi connectivity index (χ1v) is 7.97. The predicted molar refractivity (Wildman–Crippen MR) is 83.5 cm³/mol. The van der Waals surface area contributed by atoms with Crippen LogP contribution in [-0.4, -0.2) is 45.2 Å². The number of nitrogens with zero attached hydrogens (tertiary/aromatic N) is 4. The fourth-order valence-corrected chi connectivity index (χ4v) is 4.12. The highest BCUT2D eigenvalue weighted by Crippen LogP contribution is 2.37. The van der Waals surface area contributed by atoms with E-state index in [1.807, 2.05) is 4.52 Å². The summed E-state index contributed by atoms with van der Waals surface area (Å²) in [5.41, 5.74) is 2.14. The van der Waals surface area contributed by atoms with Gasteiger partial charge in [0.15, 0.2) is 5.65 Å². The molecule has 0 spiro atoms. The van der Waals surface area contributed by atoms with E-state index >= 15 is 0 Å². The van der Waals surface area contributed by atoms with Gasteiger partial charge in [0.1, 0.15) is 12.1 Å². The standard InChI is InChI=1S/C16H23N5/c1-11-5-15(21-16(6-11)18-10-19-21)17-9-12-7-13-3-4-14(8-12)20(13)2/h5-6,10,12-14,17H,3-4,7-9H2,1-2H3. The molecule has 2 saturated heterocycles. The molecule has 2 unspecified atom stereocenters. The molecule has 0 radical (unpaired) electrons. The number of aryl methyl sites for hydroxylation is 1. The van der Waals surface area contributed by atoms with Gasteiger partial charge in [-0.05, 0) is 63.3 Å². The fraction of sp³-hybridized carbons (Fsp3) is 0.625. The number of hydrogen-bond acceptors (Lipinski definition) is 4. The maximum absolute atomic E-state index is 4.31. The maximum Gasteiger partial charge on any atom is 0.157 e. The Kier molecular flexibility index (Phi) is 3.10. The third-order valence-corrected chi connectivity index (χ3v) is 5.29. The van der Waals surface area contributed by atoms with Crippen molar-refractivity contribution in [3.05, 3.63) is 24.0 Å². The first-order chi connectivity index (χ1) is 10.2. The number of aromatic nitrogens is 3. The molecule has 2 bridgehead atoms. The van der Waals surface area contributed by atoms with Crippen LogP contribution in [0.4, 0.5) is 5.82 Å². The van der Waals surface area contributed by atoms with Crippen LogP contribution in [0.15, 0.2) is 18.5 Å². The molecule has 0 aromatic carbocycles. The van der Waals surface area contributed by atoms with Gasteiger partial charge in [-0.3, -0.25) is 0 Å². The van der Waals surface area contributed by atoms with Crippen molar-refractivity contribution in [2.75, 3.05) is 18.9 Å². The largest absolute Gasteiger partial charge is 0.370 e. The fourth-order valence-electron chi connectivity index (χ4n) is 4.12. The van der Waals surface area contributed by atoms with E-state index in [2.05, 4.69) is 46.4 Å². The molecule has 4 rings (SSSR count). The molecule has 0 aliphatic carbocycles. The average Bonchev–Trinajstić information content (AvgIpc) is 2.98. The second-order valence-electron chi connectivity index (χ2n) is 6.72. The minimum absolute atomic E-state index is 0.776. The van der Waals surface area contributed by atoms with Gasteiger partial charge in [0.05, 0.1) is 0 Å². The van der Waals surface area contributed by atoms with Crippen molar-refractivity contribution in [3.63, 3.8) is 0 Å². The Morgan fingerprint density at radius 1 is 1.24 bits per heavy atom. The SMILES string of the molecule is Cc1cc(NCC2CC3CCC(C2)N3C)n2ncnc2c1. The normalized spacial score (nSPS) is 29.1. The third kappa shape index (κ3) is 2.29. The summed E-state index contributed by atoms with van der Waals surface area (Å²) >= 11 is 0. The van der Waals surface area contributed by atoms with Crippen molar-refractivity contribution in [2.45, 2.75) is 44.7 Å². The molecule has 0 saturated carbocycles. The summed E-state index contributed by atoms with van der Waals surface area (Å²) in [7, 11) is 2.30. The van der Waals surface area contributed by atoms with Gasteiger partial charge < -0.3 is 10.2 Å². The zero-order valence-corrected chi connectivity index (χ0v) is 12.8. The zero-order valence-electron chi connectivity index (χ0n) is 12.8. The smallest absolute Gasteiger partial charge is 0.157 e. The lowest BCUT2D eigenvalue weighted by Gasteiger charge is -2.36. The van der Waals surface area contributed by atoms with Crippen molar-refractivity contribution >= 4 is 11.5 Å². The quantitative estimate of drug-likeness (QED) is 0.940.